The van der Waals surface area contributed by atoms with Crippen LogP contribution >= 0.6 is 11.3 Å². The van der Waals surface area contributed by atoms with Crippen molar-refractivity contribution >= 4 is 118 Å². The van der Waals surface area contributed by atoms with E-state index >= 15 is 0 Å². The fourth-order valence-corrected chi connectivity index (χ4v) is 12.8. The van der Waals surface area contributed by atoms with E-state index < -0.39 is 0 Å². The predicted molar refractivity (Wildman–Crippen MR) is 336 cm³/mol. The highest BCUT2D eigenvalue weighted by Gasteiger charge is 2.45. The first kappa shape index (κ1) is 49.7. The first-order valence-corrected chi connectivity index (χ1v) is 28.4. The summed E-state index contributed by atoms with van der Waals surface area (Å²) in [7, 11) is 0. The summed E-state index contributed by atoms with van der Waals surface area (Å²) in [6.45, 7) is 27.5. The zero-order valence-electron chi connectivity index (χ0n) is 47.1. The molecule has 0 fully saturated rings. The Morgan fingerprint density at radius 3 is 1.53 bits per heavy atom. The molecule has 0 amide bonds. The van der Waals surface area contributed by atoms with Crippen LogP contribution in [0.3, 0.4) is 0 Å². The number of hydrogen-bond acceptors (Lipinski definition) is 6. The van der Waals surface area contributed by atoms with Gasteiger partial charge in [-0.3, -0.25) is 0 Å². The van der Waals surface area contributed by atoms with Gasteiger partial charge in [0.05, 0.1) is 10.2 Å². The number of para-hydroxylation sites is 2. The molecule has 5 nitrogen and oxygen atoms in total. The number of fused-ring (bicyclic) bond motifs is 8. The second kappa shape index (κ2) is 17.8. The third kappa shape index (κ3) is 8.41. The summed E-state index contributed by atoms with van der Waals surface area (Å²) >= 11 is 1.78. The second-order valence-corrected chi connectivity index (χ2v) is 26.8. The van der Waals surface area contributed by atoms with Gasteiger partial charge in [-0.2, -0.15) is 0 Å². The number of anilines is 9. The van der Waals surface area contributed by atoms with E-state index in [0.717, 1.165) is 82.5 Å². The Kier molecular flexibility index (Phi) is 11.4. The molecule has 13 rings (SSSR count). The van der Waals surface area contributed by atoms with Crippen LogP contribution in [0.1, 0.15) is 105 Å². The van der Waals surface area contributed by atoms with Crippen molar-refractivity contribution in [2.24, 2.45) is 0 Å². The van der Waals surface area contributed by atoms with Crippen molar-refractivity contribution in [3.05, 3.63) is 210 Å². The van der Waals surface area contributed by atoms with E-state index in [2.05, 4.69) is 286 Å². The third-order valence-corrected chi connectivity index (χ3v) is 17.3. The molecule has 9 aromatic carbocycles. The van der Waals surface area contributed by atoms with Crippen molar-refractivity contribution in [1.82, 2.24) is 4.98 Å². The van der Waals surface area contributed by atoms with Crippen LogP contribution in [0, 0.1) is 0 Å². The van der Waals surface area contributed by atoms with Crippen molar-refractivity contribution in [2.45, 2.75) is 105 Å². The van der Waals surface area contributed by atoms with Crippen molar-refractivity contribution in [2.75, 3.05) is 14.7 Å². The first-order chi connectivity index (χ1) is 37.2. The lowest BCUT2D eigenvalue weighted by Crippen LogP contribution is -2.61. The molecule has 386 valence electrons. The second-order valence-electron chi connectivity index (χ2n) is 25.8. The summed E-state index contributed by atoms with van der Waals surface area (Å²) in [5.41, 5.74) is 22.8. The van der Waals surface area contributed by atoms with E-state index in [0.29, 0.717) is 0 Å². The largest absolute Gasteiger partial charge is 0.456 e. The lowest BCUT2D eigenvalue weighted by molar-refractivity contribution is 0.590. The molecule has 11 aromatic rings. The minimum Gasteiger partial charge on any atom is -0.456 e. The van der Waals surface area contributed by atoms with E-state index in [-0.39, 0.29) is 28.4 Å². The van der Waals surface area contributed by atoms with Gasteiger partial charge in [0.15, 0.2) is 0 Å². The molecule has 0 aliphatic carbocycles. The summed E-state index contributed by atoms with van der Waals surface area (Å²) in [6.07, 6.45) is 0. The smallest absolute Gasteiger partial charge is 0.252 e. The molecule has 0 radical (unpaired) electrons. The monoisotopic (exact) mass is 1030 g/mol. The number of rotatable bonds is 6. The Morgan fingerprint density at radius 2 is 0.936 bits per heavy atom. The molecule has 78 heavy (non-hydrogen) atoms. The Balaban J connectivity index is 1.11. The van der Waals surface area contributed by atoms with Gasteiger partial charge in [0.1, 0.15) is 16.2 Å². The Morgan fingerprint density at radius 1 is 0.423 bits per heavy atom. The van der Waals surface area contributed by atoms with Gasteiger partial charge < -0.3 is 19.1 Å². The predicted octanol–water partition coefficient (Wildman–Crippen LogP) is 18.6. The first-order valence-electron chi connectivity index (χ1n) is 27.6. The highest BCUT2D eigenvalue weighted by Crippen LogP contribution is 2.50. The Hall–Kier alpha value is -7.87. The lowest BCUT2D eigenvalue weighted by atomic mass is 9.33. The van der Waals surface area contributed by atoms with Gasteiger partial charge in [-0.25, -0.2) is 4.98 Å². The number of thiazole rings is 1. The normalized spacial score (nSPS) is 13.6. The van der Waals surface area contributed by atoms with Crippen molar-refractivity contribution in [1.29, 1.82) is 0 Å². The van der Waals surface area contributed by atoms with Crippen LogP contribution in [-0.4, -0.2) is 11.7 Å². The van der Waals surface area contributed by atoms with Gasteiger partial charge in [-0.15, -0.1) is 11.3 Å². The molecule has 0 bridgehead atoms. The topological polar surface area (TPSA) is 35.8 Å². The van der Waals surface area contributed by atoms with Gasteiger partial charge in [-0.1, -0.05) is 168 Å². The minimum absolute atomic E-state index is 0.00943. The maximum absolute atomic E-state index is 6.64. The highest BCUT2D eigenvalue weighted by molar-refractivity contribution is 7.21. The van der Waals surface area contributed by atoms with Crippen molar-refractivity contribution in [3.63, 3.8) is 0 Å². The van der Waals surface area contributed by atoms with Crippen LogP contribution in [0.25, 0.3) is 42.7 Å². The number of nitrogens with zero attached hydrogens (tertiary/aromatic N) is 4. The molecule has 0 saturated carbocycles. The number of hydrogen-bond donors (Lipinski definition) is 0. The van der Waals surface area contributed by atoms with Crippen LogP contribution in [0.2, 0.25) is 0 Å². The molecule has 2 aliphatic heterocycles. The van der Waals surface area contributed by atoms with Gasteiger partial charge >= 0.3 is 0 Å². The number of furan rings is 1. The zero-order valence-corrected chi connectivity index (χ0v) is 47.9. The van der Waals surface area contributed by atoms with E-state index in [1.165, 1.54) is 50.0 Å². The third-order valence-electron chi connectivity index (χ3n) is 16.3. The SMILES string of the molecule is CC(C)(C)c1ccc(-c2nc3cc4c(cc3s2)N(c2ccc3oc5ccc(C(C)(C)C)cc5c3c2)c2cc(C(C)(C)C)cc3c2B4c2ccc(N(c4ccccc4)c4ccccc4)cc2N3c2ccc(C(C)(C)C)cc2)cc1. The molecule has 0 unspecified atom stereocenters. The molecular formula is C71H67BN4OS. The average molecular weight is 1040 g/mol. The minimum atomic E-state index is -0.193. The molecule has 0 saturated heterocycles. The van der Waals surface area contributed by atoms with Crippen molar-refractivity contribution < 1.29 is 4.42 Å². The Bertz CT molecular complexity index is 4090. The maximum Gasteiger partial charge on any atom is 0.252 e. The van der Waals surface area contributed by atoms with E-state index in [9.17, 15) is 0 Å². The van der Waals surface area contributed by atoms with Crippen LogP contribution < -0.4 is 31.1 Å². The quantitative estimate of drug-likeness (QED) is 0.155. The van der Waals surface area contributed by atoms with Gasteiger partial charge in [0.2, 0.25) is 0 Å². The Labute approximate surface area is 464 Å². The molecule has 0 N–H and O–H groups in total. The lowest BCUT2D eigenvalue weighted by Gasteiger charge is -2.45. The van der Waals surface area contributed by atoms with E-state index in [4.69, 9.17) is 9.40 Å². The molecule has 7 heteroatoms. The highest BCUT2D eigenvalue weighted by atomic mass is 32.1. The van der Waals surface area contributed by atoms with Crippen LogP contribution in [0.5, 0.6) is 0 Å². The summed E-state index contributed by atoms with van der Waals surface area (Å²) in [4.78, 5) is 13.0. The fourth-order valence-electron chi connectivity index (χ4n) is 11.8. The fraction of sp³-hybridized carbons (Fsp3) is 0.225. The number of benzene rings is 9. The standard InChI is InChI=1S/C71H67BN4OS/c1-68(2,3)45-25-23-44(24-26-45)67-73-58-42-57-60(43-65(58)78-67)76(52-33-36-64-55(40-52)54-37-47(70(7,8)9)29-35-63(54)77-64)62-39-48(71(10,11)12)38-61-66(62)72(57)56-34-32-53(74(49-19-15-13-16-20-49)50-21-17-14-18-22-50)41-59(56)75(61)51-30-27-46(28-31-51)69(4,5)6/h13-43H,1-12H3. The van der Waals surface area contributed by atoms with Crippen molar-refractivity contribution in [3.8, 4) is 10.6 Å². The molecule has 2 aromatic heterocycles. The maximum atomic E-state index is 6.64. The molecule has 0 atom stereocenters. The van der Waals surface area contributed by atoms with Crippen LogP contribution in [0.4, 0.5) is 51.2 Å². The van der Waals surface area contributed by atoms with E-state index in [1.54, 1.807) is 11.3 Å². The summed E-state index contributed by atoms with van der Waals surface area (Å²) in [5, 5.41) is 3.27. The zero-order chi connectivity index (χ0) is 54.2. The van der Waals surface area contributed by atoms with E-state index in [1.807, 2.05) is 0 Å². The molecular weight excluding hydrogens is 968 g/mol. The molecule has 4 heterocycles. The average Bonchev–Trinajstić information content (AvgIpc) is 3.75. The summed E-state index contributed by atoms with van der Waals surface area (Å²) in [6, 6.07) is 70.5. The van der Waals surface area contributed by atoms with Gasteiger partial charge in [0, 0.05) is 67.5 Å². The number of aromatic nitrogens is 1. The molecule has 0 spiro atoms. The van der Waals surface area contributed by atoms with Crippen LogP contribution in [0.15, 0.2) is 192 Å². The van der Waals surface area contributed by atoms with Gasteiger partial charge in [0.25, 0.3) is 6.71 Å². The summed E-state index contributed by atoms with van der Waals surface area (Å²) < 4.78 is 7.79. The van der Waals surface area contributed by atoms with Gasteiger partial charge in [-0.05, 0) is 163 Å². The molecule has 2 aliphatic rings. The summed E-state index contributed by atoms with van der Waals surface area (Å²) in [5.74, 6) is 0. The van der Waals surface area contributed by atoms with Crippen LogP contribution in [-0.2, 0) is 21.7 Å².